The molecule has 0 aliphatic heterocycles. The zero-order valence-electron chi connectivity index (χ0n) is 18.7. The van der Waals surface area contributed by atoms with Gasteiger partial charge in [-0.2, -0.15) is 0 Å². The van der Waals surface area contributed by atoms with Crippen molar-refractivity contribution in [2.45, 2.75) is 52.0 Å². The van der Waals surface area contributed by atoms with Gasteiger partial charge in [-0.05, 0) is 51.9 Å². The number of esters is 2. The largest absolute Gasteiger partial charge is 0.573 e. The molecule has 0 aromatic heterocycles. The van der Waals surface area contributed by atoms with Crippen LogP contribution in [0.15, 0.2) is 18.2 Å². The SMILES string of the molecule is COC(=O)CCCNCCN(CCC(=O)OC(C)(C)C)c1ccc(OC(F)(F)F)c(Cl)c1. The van der Waals surface area contributed by atoms with Crippen LogP contribution in [0, 0.1) is 0 Å². The maximum atomic E-state index is 12.5. The summed E-state index contributed by atoms with van der Waals surface area (Å²) in [4.78, 5) is 25.0. The van der Waals surface area contributed by atoms with Crippen molar-refractivity contribution in [2.24, 2.45) is 0 Å². The van der Waals surface area contributed by atoms with E-state index in [1.54, 1.807) is 25.7 Å². The molecule has 7 nitrogen and oxygen atoms in total. The molecule has 0 spiro atoms. The van der Waals surface area contributed by atoms with Crippen LogP contribution >= 0.6 is 11.6 Å². The third-order valence-corrected chi connectivity index (χ3v) is 4.33. The lowest BCUT2D eigenvalue weighted by Crippen LogP contribution is -2.35. The van der Waals surface area contributed by atoms with Crippen molar-refractivity contribution in [3.05, 3.63) is 23.2 Å². The fourth-order valence-corrected chi connectivity index (χ4v) is 2.89. The molecule has 11 heteroatoms. The summed E-state index contributed by atoms with van der Waals surface area (Å²) in [6.07, 6.45) is -3.88. The minimum absolute atomic E-state index is 0.0814. The molecule has 0 saturated heterocycles. The number of nitrogens with zero attached hydrogens (tertiary/aromatic N) is 1. The van der Waals surface area contributed by atoms with E-state index in [4.69, 9.17) is 16.3 Å². The van der Waals surface area contributed by atoms with E-state index < -0.39 is 23.7 Å². The Balaban J connectivity index is 2.77. The van der Waals surface area contributed by atoms with Crippen LogP contribution in [0.1, 0.15) is 40.0 Å². The smallest absolute Gasteiger partial charge is 0.469 e. The summed E-state index contributed by atoms with van der Waals surface area (Å²) in [5.74, 6) is -1.19. The van der Waals surface area contributed by atoms with Crippen molar-refractivity contribution < 1.29 is 37.0 Å². The van der Waals surface area contributed by atoms with E-state index in [0.717, 1.165) is 6.07 Å². The first-order valence-electron chi connectivity index (χ1n) is 10.1. The Bertz CT molecular complexity index is 754. The van der Waals surface area contributed by atoms with Crippen LogP contribution in [0.25, 0.3) is 0 Å². The van der Waals surface area contributed by atoms with E-state index in [1.807, 2.05) is 0 Å². The van der Waals surface area contributed by atoms with Gasteiger partial charge in [0, 0.05) is 31.7 Å². The van der Waals surface area contributed by atoms with Crippen LogP contribution in [0.3, 0.4) is 0 Å². The normalized spacial score (nSPS) is 11.8. The molecule has 0 amide bonds. The van der Waals surface area contributed by atoms with E-state index >= 15 is 0 Å². The number of carbonyl (C=O) groups excluding carboxylic acids is 2. The van der Waals surface area contributed by atoms with E-state index in [0.29, 0.717) is 38.2 Å². The number of anilines is 1. The number of hydrogen-bond acceptors (Lipinski definition) is 7. The molecule has 0 saturated carbocycles. The highest BCUT2D eigenvalue weighted by atomic mass is 35.5. The number of halogens is 4. The van der Waals surface area contributed by atoms with Crippen LogP contribution in [0.5, 0.6) is 5.75 Å². The Hall–Kier alpha value is -2.20. The van der Waals surface area contributed by atoms with Crippen LogP contribution < -0.4 is 15.0 Å². The fraction of sp³-hybridized carbons (Fsp3) is 0.619. The first-order chi connectivity index (χ1) is 14.8. The average molecular weight is 483 g/mol. The van der Waals surface area contributed by atoms with Crippen molar-refractivity contribution in [2.75, 3.05) is 38.2 Å². The highest BCUT2D eigenvalue weighted by Crippen LogP contribution is 2.33. The van der Waals surface area contributed by atoms with E-state index in [9.17, 15) is 22.8 Å². The molecule has 32 heavy (non-hydrogen) atoms. The zero-order valence-corrected chi connectivity index (χ0v) is 19.4. The van der Waals surface area contributed by atoms with Gasteiger partial charge in [-0.25, -0.2) is 0 Å². The lowest BCUT2D eigenvalue weighted by atomic mass is 10.2. The Morgan fingerprint density at radius 3 is 2.31 bits per heavy atom. The van der Waals surface area contributed by atoms with Gasteiger partial charge in [-0.3, -0.25) is 9.59 Å². The molecule has 0 unspecified atom stereocenters. The molecule has 0 heterocycles. The minimum atomic E-state index is -4.85. The molecule has 1 rings (SSSR count). The van der Waals surface area contributed by atoms with Crippen molar-refractivity contribution in [1.29, 1.82) is 0 Å². The van der Waals surface area contributed by atoms with Gasteiger partial charge in [0.05, 0.1) is 18.6 Å². The van der Waals surface area contributed by atoms with Gasteiger partial charge in [-0.1, -0.05) is 11.6 Å². The first kappa shape index (κ1) is 27.8. The molecule has 1 N–H and O–H groups in total. The molecule has 0 aliphatic carbocycles. The summed E-state index contributed by atoms with van der Waals surface area (Å²) in [5, 5.41) is 2.98. The summed E-state index contributed by atoms with van der Waals surface area (Å²) in [5.41, 5.74) is -0.0901. The van der Waals surface area contributed by atoms with Crippen molar-refractivity contribution >= 4 is 29.2 Å². The zero-order chi connectivity index (χ0) is 24.4. The van der Waals surface area contributed by atoms with Gasteiger partial charge in [0.1, 0.15) is 11.4 Å². The van der Waals surface area contributed by atoms with Gasteiger partial charge in [-0.15, -0.1) is 13.2 Å². The minimum Gasteiger partial charge on any atom is -0.469 e. The van der Waals surface area contributed by atoms with Crippen molar-refractivity contribution in [3.63, 3.8) is 0 Å². The number of alkyl halides is 3. The number of hydrogen-bond donors (Lipinski definition) is 1. The van der Waals surface area contributed by atoms with Crippen LogP contribution in [-0.4, -0.2) is 57.2 Å². The molecule has 0 radical (unpaired) electrons. The second-order valence-corrected chi connectivity index (χ2v) is 8.32. The van der Waals surface area contributed by atoms with Gasteiger partial charge < -0.3 is 24.4 Å². The summed E-state index contributed by atoms with van der Waals surface area (Å²) in [7, 11) is 1.33. The van der Waals surface area contributed by atoms with Gasteiger partial charge >= 0.3 is 18.3 Å². The number of benzene rings is 1. The molecule has 1 aromatic rings. The van der Waals surface area contributed by atoms with E-state index in [1.165, 1.54) is 19.2 Å². The number of methoxy groups -OCH3 is 1. The average Bonchev–Trinajstić information content (AvgIpc) is 2.65. The molecule has 0 fully saturated rings. The van der Waals surface area contributed by atoms with Gasteiger partial charge in [0.2, 0.25) is 0 Å². The lowest BCUT2D eigenvalue weighted by molar-refractivity contribution is -0.274. The molecule has 0 aliphatic rings. The van der Waals surface area contributed by atoms with Crippen molar-refractivity contribution in [3.8, 4) is 5.75 Å². The number of carbonyl (C=O) groups is 2. The summed E-state index contributed by atoms with van der Waals surface area (Å²) < 4.78 is 51.3. The molecule has 0 bridgehead atoms. The maximum Gasteiger partial charge on any atom is 0.573 e. The Morgan fingerprint density at radius 2 is 1.75 bits per heavy atom. The van der Waals surface area contributed by atoms with E-state index in [-0.39, 0.29) is 24.0 Å². The van der Waals surface area contributed by atoms with E-state index in [2.05, 4.69) is 14.8 Å². The second-order valence-electron chi connectivity index (χ2n) is 7.92. The highest BCUT2D eigenvalue weighted by molar-refractivity contribution is 6.32. The maximum absolute atomic E-state index is 12.5. The molecular weight excluding hydrogens is 453 g/mol. The standard InChI is InChI=1S/C21H30ClF3N2O5/c1-20(2,3)32-19(29)9-12-27(13-11-26-10-5-6-18(28)30-4)15-7-8-17(16(22)14-15)31-21(23,24)25/h7-8,14,26H,5-6,9-13H2,1-4H3. The second kappa shape index (κ2) is 12.7. The molecular formula is C21H30ClF3N2O5. The Morgan fingerprint density at radius 1 is 1.06 bits per heavy atom. The number of nitrogens with one attached hydrogen (secondary N) is 1. The monoisotopic (exact) mass is 482 g/mol. The summed E-state index contributed by atoms with van der Waals surface area (Å²) >= 11 is 5.97. The van der Waals surface area contributed by atoms with Crippen LogP contribution in [0.4, 0.5) is 18.9 Å². The molecule has 1 aromatic carbocycles. The first-order valence-corrected chi connectivity index (χ1v) is 10.5. The quantitative estimate of drug-likeness (QED) is 0.351. The van der Waals surface area contributed by atoms with Crippen LogP contribution in [-0.2, 0) is 19.1 Å². The third kappa shape index (κ3) is 12.0. The summed E-state index contributed by atoms with van der Waals surface area (Å²) in [6.45, 7) is 7.09. The molecule has 0 atom stereocenters. The Kier molecular flexibility index (Phi) is 11.1. The topological polar surface area (TPSA) is 77.1 Å². The lowest BCUT2D eigenvalue weighted by Gasteiger charge is -2.26. The summed E-state index contributed by atoms with van der Waals surface area (Å²) in [6, 6.07) is 3.93. The highest BCUT2D eigenvalue weighted by Gasteiger charge is 2.32. The van der Waals surface area contributed by atoms with Gasteiger partial charge in [0.15, 0.2) is 0 Å². The number of ether oxygens (including phenoxy) is 3. The fourth-order valence-electron chi connectivity index (χ4n) is 2.68. The molecule has 182 valence electrons. The predicted octanol–water partition coefficient (Wildman–Crippen LogP) is 4.32. The Labute approximate surface area is 191 Å². The van der Waals surface area contributed by atoms with Gasteiger partial charge in [0.25, 0.3) is 0 Å². The predicted molar refractivity (Wildman–Crippen MR) is 115 cm³/mol. The van der Waals surface area contributed by atoms with Crippen LogP contribution in [0.2, 0.25) is 5.02 Å². The third-order valence-electron chi connectivity index (χ3n) is 4.03. The number of rotatable bonds is 12. The van der Waals surface area contributed by atoms with Crippen molar-refractivity contribution in [1.82, 2.24) is 5.32 Å².